The Morgan fingerprint density at radius 1 is 0.921 bits per heavy atom. The molecular weight excluding hydrogens is 524 g/mol. The molecule has 3 aromatic rings. The number of Topliss-reactive ketones (excluding diaryl/α,β-unsaturated/α-hetero) is 1. The van der Waals surface area contributed by atoms with E-state index in [9.17, 15) is 14.4 Å². The van der Waals surface area contributed by atoms with Crippen LogP contribution in [0, 0.1) is 5.92 Å². The number of hydrogen-bond acceptors (Lipinski definition) is 6. The van der Waals surface area contributed by atoms with Gasteiger partial charge >= 0.3 is 6.09 Å². The average Bonchev–Trinajstić information content (AvgIpc) is 3.41. The first kappa shape index (κ1) is 29.3. The third-order valence-corrected chi connectivity index (χ3v) is 6.88. The molecule has 7 nitrogen and oxygen atoms in total. The lowest BCUT2D eigenvalue weighted by Crippen LogP contribution is -2.53. The molecular formula is C29H33ClN2O5S. The molecule has 2 aromatic carbocycles. The first-order valence-electron chi connectivity index (χ1n) is 12.4. The summed E-state index contributed by atoms with van der Waals surface area (Å²) >= 11 is 7.33. The second kappa shape index (κ2) is 15.2. The number of amides is 2. The van der Waals surface area contributed by atoms with E-state index >= 15 is 0 Å². The Hall–Kier alpha value is -3.23. The fraction of sp³-hybridized carbons (Fsp3) is 0.345. The number of nitrogens with one attached hydrogen (secondary N) is 2. The first-order chi connectivity index (χ1) is 18.3. The smallest absolute Gasteiger partial charge is 0.408 e. The predicted octanol–water partition coefficient (Wildman–Crippen LogP) is 5.80. The van der Waals surface area contributed by atoms with Crippen LogP contribution in [-0.2, 0) is 33.1 Å². The fourth-order valence-electron chi connectivity index (χ4n) is 3.73. The molecule has 0 bridgehead atoms. The van der Waals surface area contributed by atoms with E-state index in [1.165, 1.54) is 11.8 Å². The SMILES string of the molecule is CC(C)CC(NC(=O)OCc1ccc(Cl)cc1)C(=O)NC(Cc1ccccc1)C(=O)CSCc1ccco1. The molecule has 0 radical (unpaired) electrons. The van der Waals surface area contributed by atoms with Crippen molar-refractivity contribution in [2.45, 2.75) is 51.1 Å². The fourth-order valence-corrected chi connectivity index (χ4v) is 4.73. The maximum atomic E-state index is 13.3. The molecule has 38 heavy (non-hydrogen) atoms. The lowest BCUT2D eigenvalue weighted by atomic mass is 10.00. The molecule has 0 aliphatic carbocycles. The number of hydrogen-bond donors (Lipinski definition) is 2. The van der Waals surface area contributed by atoms with Gasteiger partial charge in [0.15, 0.2) is 5.78 Å². The molecule has 2 atom stereocenters. The van der Waals surface area contributed by atoms with Gasteiger partial charge in [0, 0.05) is 5.02 Å². The molecule has 0 fully saturated rings. The number of rotatable bonds is 14. The standard InChI is InChI=1S/C29H33ClN2O5S/c1-20(2)15-26(32-29(35)37-17-22-10-12-23(30)13-11-22)28(34)31-25(16-21-7-4-3-5-8-21)27(33)19-38-18-24-9-6-14-36-24/h3-14,20,25-26H,15-19H2,1-2H3,(H,31,34)(H,32,35). The first-order valence-corrected chi connectivity index (χ1v) is 14.0. The van der Waals surface area contributed by atoms with Gasteiger partial charge < -0.3 is 19.8 Å². The predicted molar refractivity (Wildman–Crippen MR) is 150 cm³/mol. The zero-order chi connectivity index (χ0) is 27.3. The summed E-state index contributed by atoms with van der Waals surface area (Å²) in [7, 11) is 0. The zero-order valence-corrected chi connectivity index (χ0v) is 23.1. The van der Waals surface area contributed by atoms with Crippen molar-refractivity contribution in [1.82, 2.24) is 10.6 Å². The van der Waals surface area contributed by atoms with Crippen LogP contribution >= 0.6 is 23.4 Å². The van der Waals surface area contributed by atoms with E-state index in [0.717, 1.165) is 16.9 Å². The highest BCUT2D eigenvalue weighted by atomic mass is 35.5. The summed E-state index contributed by atoms with van der Waals surface area (Å²) in [4.78, 5) is 39.0. The molecule has 0 saturated heterocycles. The van der Waals surface area contributed by atoms with E-state index < -0.39 is 24.1 Å². The lowest BCUT2D eigenvalue weighted by molar-refractivity contribution is -0.128. The molecule has 1 heterocycles. The molecule has 2 N–H and O–H groups in total. The highest BCUT2D eigenvalue weighted by Crippen LogP contribution is 2.15. The van der Waals surface area contributed by atoms with Crippen molar-refractivity contribution in [1.29, 1.82) is 0 Å². The number of carbonyl (C=O) groups excluding carboxylic acids is 3. The van der Waals surface area contributed by atoms with Crippen LogP contribution in [0.15, 0.2) is 77.4 Å². The van der Waals surface area contributed by atoms with Crippen LogP contribution in [0.3, 0.4) is 0 Å². The van der Waals surface area contributed by atoms with Gasteiger partial charge in [-0.25, -0.2) is 4.79 Å². The van der Waals surface area contributed by atoms with Crippen LogP contribution in [0.2, 0.25) is 5.02 Å². The van der Waals surface area contributed by atoms with Crippen molar-refractivity contribution < 1.29 is 23.5 Å². The molecule has 0 spiro atoms. The Bertz CT molecular complexity index is 1150. The van der Waals surface area contributed by atoms with Crippen molar-refractivity contribution in [2.75, 3.05) is 5.75 Å². The van der Waals surface area contributed by atoms with Crippen molar-refractivity contribution in [2.24, 2.45) is 5.92 Å². The van der Waals surface area contributed by atoms with Gasteiger partial charge in [-0.3, -0.25) is 9.59 Å². The quantitative estimate of drug-likeness (QED) is 0.260. The van der Waals surface area contributed by atoms with E-state index in [1.54, 1.807) is 36.6 Å². The number of thioether (sulfide) groups is 1. The van der Waals surface area contributed by atoms with E-state index in [4.69, 9.17) is 20.8 Å². The van der Waals surface area contributed by atoms with Gasteiger partial charge in [0.25, 0.3) is 0 Å². The third-order valence-electron chi connectivity index (χ3n) is 5.66. The van der Waals surface area contributed by atoms with Crippen molar-refractivity contribution in [3.05, 3.63) is 94.9 Å². The normalized spacial score (nSPS) is 12.5. The second-order valence-electron chi connectivity index (χ2n) is 9.32. The summed E-state index contributed by atoms with van der Waals surface area (Å²) in [5.41, 5.74) is 1.70. The van der Waals surface area contributed by atoms with Gasteiger partial charge in [0.2, 0.25) is 5.91 Å². The van der Waals surface area contributed by atoms with Crippen LogP contribution in [0.1, 0.15) is 37.2 Å². The van der Waals surface area contributed by atoms with E-state index in [1.807, 2.05) is 50.2 Å². The minimum Gasteiger partial charge on any atom is -0.468 e. The summed E-state index contributed by atoms with van der Waals surface area (Å²) in [6, 6.07) is 18.5. The number of benzene rings is 2. The van der Waals surface area contributed by atoms with Crippen LogP contribution in [0.5, 0.6) is 0 Å². The van der Waals surface area contributed by atoms with Gasteiger partial charge in [-0.05, 0) is 54.2 Å². The summed E-state index contributed by atoms with van der Waals surface area (Å²) < 4.78 is 10.6. The molecule has 1 aromatic heterocycles. The Kier molecular flexibility index (Phi) is 11.8. The minimum atomic E-state index is -0.852. The molecule has 9 heteroatoms. The summed E-state index contributed by atoms with van der Waals surface area (Å²) in [5, 5.41) is 6.15. The summed E-state index contributed by atoms with van der Waals surface area (Å²) in [5.74, 6) is 1.14. The van der Waals surface area contributed by atoms with Crippen molar-refractivity contribution in [3.8, 4) is 0 Å². The topological polar surface area (TPSA) is 97.6 Å². The summed E-state index contributed by atoms with van der Waals surface area (Å²) in [6.45, 7) is 3.96. The van der Waals surface area contributed by atoms with Gasteiger partial charge in [-0.2, -0.15) is 0 Å². The highest BCUT2D eigenvalue weighted by molar-refractivity contribution is 7.99. The van der Waals surface area contributed by atoms with Crippen LogP contribution in [0.25, 0.3) is 0 Å². The minimum absolute atomic E-state index is 0.0427. The van der Waals surface area contributed by atoms with Gasteiger partial charge in [0.1, 0.15) is 18.4 Å². The summed E-state index contributed by atoms with van der Waals surface area (Å²) in [6.07, 6.45) is 1.63. The second-order valence-corrected chi connectivity index (χ2v) is 10.7. The Labute approximate surface area is 232 Å². The maximum absolute atomic E-state index is 13.3. The lowest BCUT2D eigenvalue weighted by Gasteiger charge is -2.24. The number of halogens is 1. The van der Waals surface area contributed by atoms with E-state index in [-0.39, 0.29) is 24.1 Å². The number of alkyl carbamates (subject to hydrolysis) is 1. The van der Waals surface area contributed by atoms with Crippen molar-refractivity contribution >= 4 is 41.1 Å². The zero-order valence-electron chi connectivity index (χ0n) is 21.5. The molecule has 202 valence electrons. The number of carbonyl (C=O) groups is 3. The van der Waals surface area contributed by atoms with Crippen LogP contribution < -0.4 is 10.6 Å². The molecule has 3 rings (SSSR count). The van der Waals surface area contributed by atoms with Gasteiger partial charge in [0.05, 0.1) is 23.8 Å². The number of ether oxygens (including phenoxy) is 1. The van der Waals surface area contributed by atoms with Gasteiger partial charge in [-0.1, -0.05) is 67.9 Å². The molecule has 2 amide bonds. The number of ketones is 1. The largest absolute Gasteiger partial charge is 0.468 e. The number of furan rings is 1. The third kappa shape index (κ3) is 10.3. The Morgan fingerprint density at radius 3 is 2.32 bits per heavy atom. The molecule has 0 aliphatic heterocycles. The molecule has 0 saturated carbocycles. The van der Waals surface area contributed by atoms with E-state index in [2.05, 4.69) is 10.6 Å². The van der Waals surface area contributed by atoms with Crippen molar-refractivity contribution in [3.63, 3.8) is 0 Å². The van der Waals surface area contributed by atoms with Crippen LogP contribution in [0.4, 0.5) is 4.79 Å². The highest BCUT2D eigenvalue weighted by Gasteiger charge is 2.28. The van der Waals surface area contributed by atoms with Gasteiger partial charge in [-0.15, -0.1) is 11.8 Å². The average molecular weight is 557 g/mol. The van der Waals surface area contributed by atoms with E-state index in [0.29, 0.717) is 23.6 Å². The molecule has 0 aliphatic rings. The van der Waals surface area contributed by atoms with Crippen LogP contribution in [-0.4, -0.2) is 35.6 Å². The Morgan fingerprint density at radius 2 is 1.66 bits per heavy atom. The maximum Gasteiger partial charge on any atom is 0.408 e. The Balaban J connectivity index is 1.63. The monoisotopic (exact) mass is 556 g/mol. The molecule has 2 unspecified atom stereocenters.